The van der Waals surface area contributed by atoms with E-state index in [1.54, 1.807) is 24.3 Å². The fourth-order valence-electron chi connectivity index (χ4n) is 2.73. The second kappa shape index (κ2) is 6.95. The maximum Gasteiger partial charge on any atom is 0.335 e. The first kappa shape index (κ1) is 17.0. The van der Waals surface area contributed by atoms with E-state index in [-0.39, 0.29) is 11.3 Å². The zero-order valence-electron chi connectivity index (χ0n) is 13.6. The summed E-state index contributed by atoms with van der Waals surface area (Å²) in [6.07, 6.45) is 5.15. The number of aromatic nitrogens is 1. The standard InChI is InChI=1S/C20H16ClNO3/c1-13(23)6-7-15-11-22(12-16-4-2-3-5-18(16)21)19-10-14(20(24)25)8-9-17(15)19/h2-11H,12H2,1H3,(H,24,25). The van der Waals surface area contributed by atoms with Crippen molar-refractivity contribution in [3.8, 4) is 0 Å². The third-order valence-electron chi connectivity index (χ3n) is 3.96. The molecule has 0 bridgehead atoms. The summed E-state index contributed by atoms with van der Waals surface area (Å²) in [4.78, 5) is 22.6. The van der Waals surface area contributed by atoms with E-state index in [1.165, 1.54) is 13.0 Å². The predicted molar refractivity (Wildman–Crippen MR) is 99.2 cm³/mol. The number of carboxylic acid groups (broad SMARTS) is 1. The summed E-state index contributed by atoms with van der Waals surface area (Å²) in [6, 6.07) is 12.5. The highest BCUT2D eigenvalue weighted by atomic mass is 35.5. The van der Waals surface area contributed by atoms with E-state index in [0.717, 1.165) is 22.0 Å². The van der Waals surface area contributed by atoms with Gasteiger partial charge in [-0.25, -0.2) is 4.79 Å². The summed E-state index contributed by atoms with van der Waals surface area (Å²) in [7, 11) is 0. The summed E-state index contributed by atoms with van der Waals surface area (Å²) in [6.45, 7) is 2.00. The van der Waals surface area contributed by atoms with Crippen LogP contribution < -0.4 is 0 Å². The summed E-state index contributed by atoms with van der Waals surface area (Å²) in [5.41, 5.74) is 2.79. The molecule has 0 unspecified atom stereocenters. The Morgan fingerprint density at radius 2 is 1.96 bits per heavy atom. The van der Waals surface area contributed by atoms with Crippen LogP contribution in [0.3, 0.4) is 0 Å². The van der Waals surface area contributed by atoms with Gasteiger partial charge in [0.05, 0.1) is 5.56 Å². The number of fused-ring (bicyclic) bond motifs is 1. The molecule has 0 amide bonds. The lowest BCUT2D eigenvalue weighted by molar-refractivity contribution is -0.112. The Morgan fingerprint density at radius 1 is 1.20 bits per heavy atom. The van der Waals surface area contributed by atoms with E-state index in [2.05, 4.69) is 0 Å². The predicted octanol–water partition coefficient (Wildman–Crippen LogP) is 4.64. The average molecular weight is 354 g/mol. The number of benzene rings is 2. The van der Waals surface area contributed by atoms with E-state index >= 15 is 0 Å². The van der Waals surface area contributed by atoms with Gasteiger partial charge in [-0.3, -0.25) is 4.79 Å². The van der Waals surface area contributed by atoms with Crippen molar-refractivity contribution in [2.75, 3.05) is 0 Å². The van der Waals surface area contributed by atoms with E-state index < -0.39 is 5.97 Å². The van der Waals surface area contributed by atoms with Crippen molar-refractivity contribution in [2.45, 2.75) is 13.5 Å². The molecular weight excluding hydrogens is 338 g/mol. The normalized spacial score (nSPS) is 11.3. The highest BCUT2D eigenvalue weighted by molar-refractivity contribution is 6.31. The molecular formula is C20H16ClNO3. The number of allylic oxidation sites excluding steroid dienone is 1. The zero-order chi connectivity index (χ0) is 18.0. The first-order chi connectivity index (χ1) is 12.0. The van der Waals surface area contributed by atoms with E-state index in [4.69, 9.17) is 11.6 Å². The number of ketones is 1. The van der Waals surface area contributed by atoms with Crippen LogP contribution in [0.2, 0.25) is 5.02 Å². The van der Waals surface area contributed by atoms with Gasteiger partial charge in [0.2, 0.25) is 0 Å². The molecule has 0 aliphatic carbocycles. The first-order valence-electron chi connectivity index (χ1n) is 7.74. The van der Waals surface area contributed by atoms with Gasteiger partial charge >= 0.3 is 5.97 Å². The van der Waals surface area contributed by atoms with Crippen molar-refractivity contribution in [3.63, 3.8) is 0 Å². The minimum absolute atomic E-state index is 0.0471. The number of aromatic carboxylic acids is 1. The van der Waals surface area contributed by atoms with E-state index in [0.29, 0.717) is 11.6 Å². The lowest BCUT2D eigenvalue weighted by Gasteiger charge is -2.08. The number of halogens is 1. The molecule has 1 heterocycles. The molecule has 3 aromatic rings. The van der Waals surface area contributed by atoms with Crippen LogP contribution in [0.1, 0.15) is 28.4 Å². The SMILES string of the molecule is CC(=O)C=Cc1cn(Cc2ccccc2Cl)c2cc(C(=O)O)ccc12. The largest absolute Gasteiger partial charge is 0.478 e. The maximum absolute atomic E-state index is 11.3. The van der Waals surface area contributed by atoms with Crippen molar-refractivity contribution < 1.29 is 14.7 Å². The molecule has 0 spiro atoms. The molecule has 0 saturated carbocycles. The van der Waals surface area contributed by atoms with Crippen LogP contribution in [0.5, 0.6) is 0 Å². The van der Waals surface area contributed by atoms with Crippen LogP contribution in [-0.4, -0.2) is 21.4 Å². The lowest BCUT2D eigenvalue weighted by atomic mass is 10.1. The topological polar surface area (TPSA) is 59.3 Å². The Morgan fingerprint density at radius 3 is 2.64 bits per heavy atom. The molecule has 4 nitrogen and oxygen atoms in total. The van der Waals surface area contributed by atoms with E-state index in [1.807, 2.05) is 35.0 Å². The Balaban J connectivity index is 2.15. The molecule has 1 N–H and O–H groups in total. The third-order valence-corrected chi connectivity index (χ3v) is 4.32. The van der Waals surface area contributed by atoms with Gasteiger partial charge in [-0.15, -0.1) is 0 Å². The van der Waals surface area contributed by atoms with Crippen LogP contribution in [-0.2, 0) is 11.3 Å². The minimum atomic E-state index is -0.978. The van der Waals surface area contributed by atoms with Gasteiger partial charge in [0.15, 0.2) is 5.78 Å². The number of nitrogens with zero attached hydrogens (tertiary/aromatic N) is 1. The smallest absolute Gasteiger partial charge is 0.335 e. The molecule has 1 aromatic heterocycles. The highest BCUT2D eigenvalue weighted by Gasteiger charge is 2.12. The molecule has 0 saturated heterocycles. The number of hydrogen-bond acceptors (Lipinski definition) is 2. The summed E-state index contributed by atoms with van der Waals surface area (Å²) in [5.74, 6) is -1.03. The van der Waals surface area contributed by atoms with Crippen molar-refractivity contribution in [1.82, 2.24) is 4.57 Å². The Bertz CT molecular complexity index is 1000. The van der Waals surface area contributed by atoms with Gasteiger partial charge in [0, 0.05) is 34.2 Å². The van der Waals surface area contributed by atoms with Gasteiger partial charge in [-0.05, 0) is 42.8 Å². The summed E-state index contributed by atoms with van der Waals surface area (Å²) in [5, 5.41) is 10.8. The molecule has 25 heavy (non-hydrogen) atoms. The minimum Gasteiger partial charge on any atom is -0.478 e. The zero-order valence-corrected chi connectivity index (χ0v) is 14.3. The van der Waals surface area contributed by atoms with Crippen LogP contribution in [0, 0.1) is 0 Å². The van der Waals surface area contributed by atoms with Gasteiger partial charge in [-0.2, -0.15) is 0 Å². The molecule has 3 rings (SSSR count). The quantitative estimate of drug-likeness (QED) is 0.679. The number of carbonyl (C=O) groups excluding carboxylic acids is 1. The fraction of sp³-hybridized carbons (Fsp3) is 0.100. The number of hydrogen-bond donors (Lipinski definition) is 1. The highest BCUT2D eigenvalue weighted by Crippen LogP contribution is 2.26. The molecule has 5 heteroatoms. The first-order valence-corrected chi connectivity index (χ1v) is 8.12. The summed E-state index contributed by atoms with van der Waals surface area (Å²) >= 11 is 6.25. The Hall–Kier alpha value is -2.85. The monoisotopic (exact) mass is 353 g/mol. The van der Waals surface area contributed by atoms with Crippen LogP contribution in [0.25, 0.3) is 17.0 Å². The van der Waals surface area contributed by atoms with Crippen LogP contribution >= 0.6 is 11.6 Å². The molecule has 0 aliphatic rings. The van der Waals surface area contributed by atoms with E-state index in [9.17, 15) is 14.7 Å². The van der Waals surface area contributed by atoms with Gasteiger partial charge < -0.3 is 9.67 Å². The molecule has 0 aliphatic heterocycles. The average Bonchev–Trinajstić information content (AvgIpc) is 2.92. The van der Waals surface area contributed by atoms with Crippen molar-refractivity contribution in [2.24, 2.45) is 0 Å². The maximum atomic E-state index is 11.3. The van der Waals surface area contributed by atoms with Crippen LogP contribution in [0.4, 0.5) is 0 Å². The Labute approximate surface area is 150 Å². The van der Waals surface area contributed by atoms with Gasteiger partial charge in [-0.1, -0.05) is 35.9 Å². The van der Waals surface area contributed by atoms with Crippen LogP contribution in [0.15, 0.2) is 54.7 Å². The van der Waals surface area contributed by atoms with Gasteiger partial charge in [0.25, 0.3) is 0 Å². The molecule has 2 aromatic carbocycles. The fourth-order valence-corrected chi connectivity index (χ4v) is 2.93. The molecule has 126 valence electrons. The molecule has 0 radical (unpaired) electrons. The lowest BCUT2D eigenvalue weighted by Crippen LogP contribution is -2.00. The van der Waals surface area contributed by atoms with Crippen molar-refractivity contribution >= 4 is 40.3 Å². The molecule has 0 fully saturated rings. The molecule has 0 atom stereocenters. The van der Waals surface area contributed by atoms with Crippen molar-refractivity contribution in [3.05, 3.63) is 76.5 Å². The number of carboxylic acids is 1. The summed E-state index contributed by atoms with van der Waals surface area (Å²) < 4.78 is 1.95. The number of rotatable bonds is 5. The van der Waals surface area contributed by atoms with Crippen molar-refractivity contribution in [1.29, 1.82) is 0 Å². The second-order valence-electron chi connectivity index (χ2n) is 5.78. The number of carbonyl (C=O) groups is 2. The van der Waals surface area contributed by atoms with Gasteiger partial charge in [0.1, 0.15) is 0 Å². The Kier molecular flexibility index (Phi) is 4.72. The second-order valence-corrected chi connectivity index (χ2v) is 6.19. The third kappa shape index (κ3) is 3.64.